The van der Waals surface area contributed by atoms with Crippen molar-refractivity contribution in [1.82, 2.24) is 0 Å². The maximum atomic E-state index is 12.4. The average molecular weight is 348 g/mol. The zero-order chi connectivity index (χ0) is 16.8. The average Bonchev–Trinajstić information content (AvgIpc) is 2.88. The van der Waals surface area contributed by atoms with Gasteiger partial charge in [0.25, 0.3) is 0 Å². The number of allylic oxidation sites excluding steroid dienone is 2. The monoisotopic (exact) mass is 348 g/mol. The number of hydrogen-bond donors (Lipinski definition) is 2. The number of aliphatic hydroxyl groups is 2. The molecule has 1 aromatic rings. The summed E-state index contributed by atoms with van der Waals surface area (Å²) in [6.07, 6.45) is -1.93. The van der Waals surface area contributed by atoms with Gasteiger partial charge in [0, 0.05) is 12.3 Å². The number of Topliss-reactive ketones (excluding diaryl/α,β-unsaturated/α-hetero) is 1. The van der Waals surface area contributed by atoms with Crippen LogP contribution in [-0.2, 0) is 20.7 Å². The zero-order valence-corrected chi connectivity index (χ0v) is 14.1. The number of aliphatic hydroxyl groups excluding tert-OH is 2. The number of thioether (sulfide) groups is 1. The normalized spacial score (nSPS) is 38.5. The van der Waals surface area contributed by atoms with E-state index in [4.69, 9.17) is 9.47 Å². The van der Waals surface area contributed by atoms with Crippen LogP contribution in [0.15, 0.2) is 41.0 Å². The molecule has 2 aliphatic heterocycles. The molecule has 1 saturated heterocycles. The number of rotatable bonds is 2. The van der Waals surface area contributed by atoms with Crippen LogP contribution in [-0.4, -0.2) is 45.8 Å². The number of carbonyl (C=O) groups is 1. The van der Waals surface area contributed by atoms with E-state index < -0.39 is 29.9 Å². The number of fused-ring (bicyclic) bond motifs is 1. The third kappa shape index (κ3) is 2.67. The molecule has 5 nitrogen and oxygen atoms in total. The van der Waals surface area contributed by atoms with Crippen molar-refractivity contribution < 1.29 is 24.5 Å². The lowest BCUT2D eigenvalue weighted by atomic mass is 9.97. The minimum atomic E-state index is -0.973. The van der Waals surface area contributed by atoms with Crippen LogP contribution in [0.5, 0.6) is 0 Å². The number of ketones is 1. The predicted octanol–water partition coefficient (Wildman–Crippen LogP) is 1.63. The van der Waals surface area contributed by atoms with Gasteiger partial charge in [-0.3, -0.25) is 4.79 Å². The molecule has 0 amide bonds. The van der Waals surface area contributed by atoms with Gasteiger partial charge in [-0.1, -0.05) is 30.3 Å². The summed E-state index contributed by atoms with van der Waals surface area (Å²) in [5.41, 5.74) is 1.16. The first-order valence-electron chi connectivity index (χ1n) is 8.21. The van der Waals surface area contributed by atoms with Gasteiger partial charge in [0.05, 0.1) is 11.0 Å². The smallest absolute Gasteiger partial charge is 0.214 e. The fourth-order valence-electron chi connectivity index (χ4n) is 3.55. The Kier molecular flexibility index (Phi) is 4.16. The van der Waals surface area contributed by atoms with Crippen molar-refractivity contribution in [1.29, 1.82) is 0 Å². The fraction of sp³-hybridized carbons (Fsp3) is 0.500. The Balaban J connectivity index is 1.58. The van der Waals surface area contributed by atoms with E-state index in [2.05, 4.69) is 0 Å². The highest BCUT2D eigenvalue weighted by molar-refractivity contribution is 8.04. The summed E-state index contributed by atoms with van der Waals surface area (Å²) in [5, 5.41) is 19.8. The summed E-state index contributed by atoms with van der Waals surface area (Å²) < 4.78 is 11.7. The van der Waals surface area contributed by atoms with Gasteiger partial charge in [-0.25, -0.2) is 0 Å². The second kappa shape index (κ2) is 6.19. The van der Waals surface area contributed by atoms with Crippen LogP contribution < -0.4 is 0 Å². The molecule has 0 bridgehead atoms. The highest BCUT2D eigenvalue weighted by atomic mass is 32.2. The minimum Gasteiger partial charge on any atom is -0.466 e. The first-order chi connectivity index (χ1) is 11.5. The predicted molar refractivity (Wildman–Crippen MR) is 89.1 cm³/mol. The summed E-state index contributed by atoms with van der Waals surface area (Å²) in [7, 11) is 0. The van der Waals surface area contributed by atoms with Crippen molar-refractivity contribution in [2.75, 3.05) is 0 Å². The Hall–Kier alpha value is -1.34. The van der Waals surface area contributed by atoms with E-state index in [0.29, 0.717) is 17.1 Å². The molecule has 6 atom stereocenters. The molecule has 2 heterocycles. The lowest BCUT2D eigenvalue weighted by molar-refractivity contribution is -0.232. The number of ether oxygens (including phenoxy) is 2. The molecule has 1 aromatic carbocycles. The Morgan fingerprint density at radius 2 is 1.96 bits per heavy atom. The third-order valence-electron chi connectivity index (χ3n) is 4.89. The van der Waals surface area contributed by atoms with Gasteiger partial charge in [0.1, 0.15) is 23.2 Å². The van der Waals surface area contributed by atoms with Gasteiger partial charge in [-0.2, -0.15) is 0 Å². The van der Waals surface area contributed by atoms with E-state index in [9.17, 15) is 15.0 Å². The van der Waals surface area contributed by atoms with E-state index in [-0.39, 0.29) is 11.7 Å². The molecule has 6 heteroatoms. The van der Waals surface area contributed by atoms with Crippen LogP contribution in [0.25, 0.3) is 0 Å². The molecule has 0 radical (unpaired) electrons. The summed E-state index contributed by atoms with van der Waals surface area (Å²) in [6, 6.07) is 10.0. The van der Waals surface area contributed by atoms with E-state index in [1.54, 1.807) is 6.92 Å². The van der Waals surface area contributed by atoms with Crippen molar-refractivity contribution >= 4 is 17.5 Å². The Morgan fingerprint density at radius 3 is 2.71 bits per heavy atom. The summed E-state index contributed by atoms with van der Waals surface area (Å²) in [5.74, 6) is 0.742. The lowest BCUT2D eigenvalue weighted by Crippen LogP contribution is -2.57. The van der Waals surface area contributed by atoms with Gasteiger partial charge in [-0.05, 0) is 18.9 Å². The van der Waals surface area contributed by atoms with Crippen LogP contribution in [0.2, 0.25) is 0 Å². The molecule has 0 aromatic heterocycles. The topological polar surface area (TPSA) is 76.0 Å². The van der Waals surface area contributed by atoms with E-state index in [1.165, 1.54) is 11.8 Å². The van der Waals surface area contributed by atoms with Crippen molar-refractivity contribution in [3.05, 3.63) is 46.6 Å². The van der Waals surface area contributed by atoms with Gasteiger partial charge < -0.3 is 19.7 Å². The second-order valence-corrected chi connectivity index (χ2v) is 7.79. The maximum absolute atomic E-state index is 12.4. The highest BCUT2D eigenvalue weighted by Gasteiger charge is 2.51. The molecule has 6 unspecified atom stereocenters. The molecule has 4 rings (SSSR count). The Bertz CT molecular complexity index is 673. The Labute approximate surface area is 144 Å². The third-order valence-corrected chi connectivity index (χ3v) is 6.32. The van der Waals surface area contributed by atoms with Gasteiger partial charge in [0.2, 0.25) is 6.29 Å². The molecule has 128 valence electrons. The van der Waals surface area contributed by atoms with Crippen molar-refractivity contribution in [3.8, 4) is 0 Å². The quantitative estimate of drug-likeness (QED) is 0.846. The van der Waals surface area contributed by atoms with E-state index in [0.717, 1.165) is 12.0 Å². The van der Waals surface area contributed by atoms with E-state index in [1.807, 2.05) is 30.3 Å². The maximum Gasteiger partial charge on any atom is 0.214 e. The minimum absolute atomic E-state index is 0.00579. The van der Waals surface area contributed by atoms with Crippen LogP contribution in [0, 0.1) is 5.92 Å². The van der Waals surface area contributed by atoms with Crippen LogP contribution in [0.4, 0.5) is 0 Å². The molecule has 24 heavy (non-hydrogen) atoms. The van der Waals surface area contributed by atoms with Crippen LogP contribution in [0.3, 0.4) is 0 Å². The standard InChI is InChI=1S/C18H20O5S/c1-9-13(20)14(21)17-18(22-9)23-15-11(8-12(19)16(15)24-17)7-10-5-3-2-4-6-10/h2-6,9,11,13-14,17-18,20-21H,7-8H2,1H3. The molecule has 3 aliphatic rings. The molecule has 0 saturated carbocycles. The summed E-state index contributed by atoms with van der Waals surface area (Å²) in [4.78, 5) is 13.0. The number of benzene rings is 1. The molecular weight excluding hydrogens is 328 g/mol. The molecular formula is C18H20O5S. The molecule has 1 fully saturated rings. The van der Waals surface area contributed by atoms with Crippen molar-refractivity contribution in [2.24, 2.45) is 5.92 Å². The highest BCUT2D eigenvalue weighted by Crippen LogP contribution is 2.48. The SMILES string of the molecule is CC1OC2OC3=C(SC2C(O)C1O)C(=O)CC3Cc1ccccc1. The van der Waals surface area contributed by atoms with Gasteiger partial charge >= 0.3 is 0 Å². The fourth-order valence-corrected chi connectivity index (χ4v) is 4.90. The first-order valence-corrected chi connectivity index (χ1v) is 9.08. The van der Waals surface area contributed by atoms with Gasteiger partial charge in [0.15, 0.2) is 5.78 Å². The lowest BCUT2D eigenvalue weighted by Gasteiger charge is -2.43. The van der Waals surface area contributed by atoms with Crippen LogP contribution >= 0.6 is 11.8 Å². The number of hydrogen-bond acceptors (Lipinski definition) is 6. The van der Waals surface area contributed by atoms with E-state index >= 15 is 0 Å². The largest absolute Gasteiger partial charge is 0.466 e. The molecule has 1 aliphatic carbocycles. The second-order valence-electron chi connectivity index (χ2n) is 6.60. The summed E-state index contributed by atoms with van der Waals surface area (Å²) >= 11 is 1.29. The van der Waals surface area contributed by atoms with Gasteiger partial charge in [-0.15, -0.1) is 11.8 Å². The Morgan fingerprint density at radius 1 is 1.21 bits per heavy atom. The molecule has 0 spiro atoms. The first kappa shape index (κ1) is 16.1. The number of carbonyl (C=O) groups excluding carboxylic acids is 1. The van der Waals surface area contributed by atoms with Crippen molar-refractivity contribution in [3.63, 3.8) is 0 Å². The van der Waals surface area contributed by atoms with Crippen molar-refractivity contribution in [2.45, 2.75) is 49.6 Å². The zero-order valence-electron chi connectivity index (χ0n) is 13.3. The molecule has 2 N–H and O–H groups in total. The van der Waals surface area contributed by atoms with Crippen LogP contribution in [0.1, 0.15) is 18.9 Å². The summed E-state index contributed by atoms with van der Waals surface area (Å²) in [6.45, 7) is 1.71.